The summed E-state index contributed by atoms with van der Waals surface area (Å²) in [6, 6.07) is 0. The van der Waals surface area contributed by atoms with Crippen LogP contribution in [0.3, 0.4) is 0 Å². The van der Waals surface area contributed by atoms with Gasteiger partial charge in [-0.2, -0.15) is 0 Å². The molecular weight excluding hydrogens is 228 g/mol. The summed E-state index contributed by atoms with van der Waals surface area (Å²) in [5, 5.41) is 10.9. The van der Waals surface area contributed by atoms with Crippen molar-refractivity contribution in [2.24, 2.45) is 11.1 Å². The standard InChI is InChI=1S/C9H16N4O2S/c10-16(14,15)9-11-8(12-13-9)6-7-4-2-1-3-5-7/h7H,1-6H2,(H2,10,14,15)(H,11,12,13). The van der Waals surface area contributed by atoms with Crippen molar-refractivity contribution in [1.29, 1.82) is 0 Å². The number of primary sulfonamides is 1. The maximum Gasteiger partial charge on any atom is 0.282 e. The molecule has 1 aromatic heterocycles. The van der Waals surface area contributed by atoms with Crippen molar-refractivity contribution >= 4 is 10.0 Å². The van der Waals surface area contributed by atoms with E-state index in [1.54, 1.807) is 0 Å². The number of hydrogen-bond acceptors (Lipinski definition) is 4. The Morgan fingerprint density at radius 2 is 2.00 bits per heavy atom. The van der Waals surface area contributed by atoms with Gasteiger partial charge in [-0.1, -0.05) is 32.1 Å². The molecule has 0 atom stereocenters. The molecule has 1 aliphatic carbocycles. The van der Waals surface area contributed by atoms with Gasteiger partial charge in [-0.05, 0) is 5.92 Å². The molecule has 3 N–H and O–H groups in total. The Labute approximate surface area is 94.7 Å². The van der Waals surface area contributed by atoms with Gasteiger partial charge in [0.05, 0.1) is 0 Å². The highest BCUT2D eigenvalue weighted by atomic mass is 32.2. The summed E-state index contributed by atoms with van der Waals surface area (Å²) in [5.74, 6) is 1.21. The molecule has 1 fully saturated rings. The minimum absolute atomic E-state index is 0.307. The number of nitrogens with zero attached hydrogens (tertiary/aromatic N) is 2. The van der Waals surface area contributed by atoms with Gasteiger partial charge in [-0.15, -0.1) is 5.10 Å². The molecular formula is C9H16N4O2S. The molecule has 1 heterocycles. The van der Waals surface area contributed by atoms with Gasteiger partial charge < -0.3 is 0 Å². The molecule has 7 heteroatoms. The molecule has 90 valence electrons. The van der Waals surface area contributed by atoms with E-state index in [2.05, 4.69) is 15.2 Å². The normalized spacial score (nSPS) is 18.8. The van der Waals surface area contributed by atoms with Crippen molar-refractivity contribution in [2.45, 2.75) is 43.7 Å². The summed E-state index contributed by atoms with van der Waals surface area (Å²) in [6.07, 6.45) is 6.94. The van der Waals surface area contributed by atoms with Crippen LogP contribution in [0, 0.1) is 5.92 Å². The molecule has 16 heavy (non-hydrogen) atoms. The zero-order valence-electron chi connectivity index (χ0n) is 9.02. The first-order valence-corrected chi connectivity index (χ1v) is 7.04. The van der Waals surface area contributed by atoms with Crippen LogP contribution in [-0.4, -0.2) is 23.6 Å². The molecule has 0 saturated heterocycles. The molecule has 1 aliphatic rings. The van der Waals surface area contributed by atoms with E-state index >= 15 is 0 Å². The Morgan fingerprint density at radius 3 is 2.56 bits per heavy atom. The van der Waals surface area contributed by atoms with E-state index in [0.717, 1.165) is 6.42 Å². The van der Waals surface area contributed by atoms with Crippen LogP contribution >= 0.6 is 0 Å². The van der Waals surface area contributed by atoms with Crippen LogP contribution in [0.15, 0.2) is 5.16 Å². The lowest BCUT2D eigenvalue weighted by atomic mass is 9.87. The van der Waals surface area contributed by atoms with Gasteiger partial charge in [0.25, 0.3) is 15.2 Å². The molecule has 0 bridgehead atoms. The lowest BCUT2D eigenvalue weighted by Crippen LogP contribution is -2.14. The van der Waals surface area contributed by atoms with Gasteiger partial charge in [-0.25, -0.2) is 18.5 Å². The summed E-state index contributed by atoms with van der Waals surface area (Å²) in [7, 11) is -3.78. The van der Waals surface area contributed by atoms with Gasteiger partial charge in [-0.3, -0.25) is 5.10 Å². The van der Waals surface area contributed by atoms with E-state index < -0.39 is 10.0 Å². The van der Waals surface area contributed by atoms with Crippen molar-refractivity contribution in [3.63, 3.8) is 0 Å². The van der Waals surface area contributed by atoms with E-state index in [-0.39, 0.29) is 5.16 Å². The van der Waals surface area contributed by atoms with Gasteiger partial charge in [0, 0.05) is 6.42 Å². The largest absolute Gasteiger partial charge is 0.282 e. The minimum atomic E-state index is -3.78. The Bertz CT molecular complexity index is 448. The van der Waals surface area contributed by atoms with Gasteiger partial charge in [0.1, 0.15) is 5.82 Å². The molecule has 0 amide bonds. The van der Waals surface area contributed by atoms with Crippen molar-refractivity contribution in [3.8, 4) is 0 Å². The van der Waals surface area contributed by atoms with E-state index in [4.69, 9.17) is 5.14 Å². The maximum absolute atomic E-state index is 11.0. The predicted molar refractivity (Wildman–Crippen MR) is 58.0 cm³/mol. The zero-order chi connectivity index (χ0) is 11.6. The van der Waals surface area contributed by atoms with Crippen molar-refractivity contribution in [2.75, 3.05) is 0 Å². The fourth-order valence-electron chi connectivity index (χ4n) is 2.16. The zero-order valence-corrected chi connectivity index (χ0v) is 9.83. The van der Waals surface area contributed by atoms with Crippen LogP contribution in [0.5, 0.6) is 0 Å². The van der Waals surface area contributed by atoms with E-state index in [0.29, 0.717) is 11.7 Å². The summed E-state index contributed by atoms with van der Waals surface area (Å²) in [5.41, 5.74) is 0. The second kappa shape index (κ2) is 4.50. The topological polar surface area (TPSA) is 102 Å². The number of aromatic amines is 1. The van der Waals surface area contributed by atoms with Crippen LogP contribution < -0.4 is 5.14 Å². The fourth-order valence-corrected chi connectivity index (χ4v) is 2.57. The van der Waals surface area contributed by atoms with Gasteiger partial charge in [0.2, 0.25) is 0 Å². The second-order valence-corrected chi connectivity index (χ2v) is 5.77. The van der Waals surface area contributed by atoms with E-state index in [1.807, 2.05) is 0 Å². The fraction of sp³-hybridized carbons (Fsp3) is 0.778. The van der Waals surface area contributed by atoms with Crippen molar-refractivity contribution in [1.82, 2.24) is 15.2 Å². The molecule has 2 rings (SSSR count). The first-order chi connectivity index (χ1) is 7.55. The predicted octanol–water partition coefficient (Wildman–Crippen LogP) is 0.575. The number of nitrogens with one attached hydrogen (secondary N) is 1. The molecule has 1 saturated carbocycles. The van der Waals surface area contributed by atoms with Crippen LogP contribution in [-0.2, 0) is 16.4 Å². The molecule has 6 nitrogen and oxygen atoms in total. The maximum atomic E-state index is 11.0. The number of nitrogens with two attached hydrogens (primary N) is 1. The minimum Gasteiger partial charge on any atom is -0.262 e. The smallest absolute Gasteiger partial charge is 0.262 e. The monoisotopic (exact) mass is 244 g/mol. The van der Waals surface area contributed by atoms with Gasteiger partial charge in [0.15, 0.2) is 0 Å². The third kappa shape index (κ3) is 2.79. The van der Waals surface area contributed by atoms with Crippen LogP contribution in [0.2, 0.25) is 0 Å². The number of aromatic nitrogens is 3. The first-order valence-electron chi connectivity index (χ1n) is 5.50. The highest BCUT2D eigenvalue weighted by Gasteiger charge is 2.18. The third-order valence-corrected chi connectivity index (χ3v) is 3.66. The molecule has 0 radical (unpaired) electrons. The average Bonchev–Trinajstić information content (AvgIpc) is 2.67. The van der Waals surface area contributed by atoms with E-state index in [9.17, 15) is 8.42 Å². The summed E-state index contributed by atoms with van der Waals surface area (Å²) in [4.78, 5) is 3.90. The summed E-state index contributed by atoms with van der Waals surface area (Å²) >= 11 is 0. The average molecular weight is 244 g/mol. The van der Waals surface area contributed by atoms with Crippen LogP contribution in [0.4, 0.5) is 0 Å². The number of H-pyrrole nitrogens is 1. The van der Waals surface area contributed by atoms with Crippen molar-refractivity contribution < 1.29 is 8.42 Å². The Hall–Kier alpha value is -0.950. The van der Waals surface area contributed by atoms with Gasteiger partial charge >= 0.3 is 0 Å². The molecule has 1 aromatic rings. The van der Waals surface area contributed by atoms with Crippen LogP contribution in [0.25, 0.3) is 0 Å². The number of hydrogen-bond donors (Lipinski definition) is 2. The SMILES string of the molecule is NS(=O)(=O)c1n[nH]c(CC2CCCCC2)n1. The van der Waals surface area contributed by atoms with Crippen molar-refractivity contribution in [3.05, 3.63) is 5.82 Å². The second-order valence-electron chi connectivity index (χ2n) is 4.32. The molecule has 0 aliphatic heterocycles. The Kier molecular flexibility index (Phi) is 3.25. The summed E-state index contributed by atoms with van der Waals surface area (Å²) < 4.78 is 21.9. The third-order valence-electron chi connectivity index (χ3n) is 2.97. The quantitative estimate of drug-likeness (QED) is 0.811. The lowest BCUT2D eigenvalue weighted by molar-refractivity contribution is 0.351. The highest BCUT2D eigenvalue weighted by molar-refractivity contribution is 7.89. The molecule has 0 unspecified atom stereocenters. The Morgan fingerprint density at radius 1 is 1.31 bits per heavy atom. The lowest BCUT2D eigenvalue weighted by Gasteiger charge is -2.19. The summed E-state index contributed by atoms with van der Waals surface area (Å²) in [6.45, 7) is 0. The molecule has 0 spiro atoms. The number of sulfonamides is 1. The van der Waals surface area contributed by atoms with Crippen LogP contribution in [0.1, 0.15) is 37.9 Å². The highest BCUT2D eigenvalue weighted by Crippen LogP contribution is 2.25. The Balaban J connectivity index is 2.02. The number of rotatable bonds is 3. The first kappa shape index (κ1) is 11.5. The van der Waals surface area contributed by atoms with E-state index in [1.165, 1.54) is 32.1 Å². The molecule has 0 aromatic carbocycles.